The third kappa shape index (κ3) is 1.52. The Bertz CT molecular complexity index is 250. The van der Waals surface area contributed by atoms with Crippen molar-refractivity contribution in [3.63, 3.8) is 0 Å². The molecule has 0 aliphatic carbocycles. The van der Waals surface area contributed by atoms with Gasteiger partial charge in [-0.3, -0.25) is 0 Å². The van der Waals surface area contributed by atoms with Gasteiger partial charge in [-0.25, -0.2) is 0 Å². The highest BCUT2D eigenvalue weighted by molar-refractivity contribution is 5.45. The van der Waals surface area contributed by atoms with Gasteiger partial charge < -0.3 is 9.84 Å². The van der Waals surface area contributed by atoms with Crippen LogP contribution in [0.25, 0.3) is 0 Å². The van der Waals surface area contributed by atoms with Gasteiger partial charge in [0.1, 0.15) is 0 Å². The van der Waals surface area contributed by atoms with Crippen LogP contribution in [0.2, 0.25) is 0 Å². The minimum absolute atomic E-state index is 0.222. The van der Waals surface area contributed by atoms with Crippen molar-refractivity contribution in [2.75, 3.05) is 7.11 Å². The third-order valence-electron chi connectivity index (χ3n) is 2.02. The van der Waals surface area contributed by atoms with Crippen molar-refractivity contribution in [1.29, 1.82) is 0 Å². The molecule has 1 rings (SSSR count). The number of ether oxygens (including phenoxy) is 1. The number of aryl methyl sites for hydroxylation is 2. The van der Waals surface area contributed by atoms with Crippen LogP contribution < -0.4 is 4.74 Å². The second kappa shape index (κ2) is 3.48. The van der Waals surface area contributed by atoms with Crippen LogP contribution in [0.5, 0.6) is 11.5 Å². The van der Waals surface area contributed by atoms with Crippen molar-refractivity contribution in [2.45, 2.75) is 20.3 Å². The fourth-order valence-electron chi connectivity index (χ4n) is 1.26. The minimum atomic E-state index is 0.222. The summed E-state index contributed by atoms with van der Waals surface area (Å²) in [6.45, 7) is 4.08. The van der Waals surface area contributed by atoms with Crippen LogP contribution in [0.3, 0.4) is 0 Å². The lowest BCUT2D eigenvalue weighted by atomic mass is 10.1. The molecular formula is C10H14O2. The van der Waals surface area contributed by atoms with E-state index < -0.39 is 0 Å². The third-order valence-corrected chi connectivity index (χ3v) is 2.02. The van der Waals surface area contributed by atoms with E-state index in [1.54, 1.807) is 13.2 Å². The maximum absolute atomic E-state index is 9.42. The molecule has 0 saturated carbocycles. The second-order valence-electron chi connectivity index (χ2n) is 2.80. The molecule has 0 fully saturated rings. The number of aromatic hydroxyl groups is 1. The summed E-state index contributed by atoms with van der Waals surface area (Å²) in [5.74, 6) is 0.768. The van der Waals surface area contributed by atoms with E-state index in [1.165, 1.54) is 0 Å². The molecule has 0 amide bonds. The number of methoxy groups -OCH3 is 1. The molecule has 0 aliphatic rings. The Morgan fingerprint density at radius 1 is 1.42 bits per heavy atom. The van der Waals surface area contributed by atoms with Crippen molar-refractivity contribution in [3.8, 4) is 11.5 Å². The normalized spacial score (nSPS) is 9.92. The molecule has 0 aromatic heterocycles. The van der Waals surface area contributed by atoms with Crippen molar-refractivity contribution in [2.24, 2.45) is 0 Å². The summed E-state index contributed by atoms with van der Waals surface area (Å²) < 4.78 is 4.98. The molecule has 12 heavy (non-hydrogen) atoms. The summed E-state index contributed by atoms with van der Waals surface area (Å²) >= 11 is 0. The zero-order chi connectivity index (χ0) is 9.14. The predicted octanol–water partition coefficient (Wildman–Crippen LogP) is 2.27. The van der Waals surface area contributed by atoms with Crippen LogP contribution in [0.1, 0.15) is 18.1 Å². The summed E-state index contributed by atoms with van der Waals surface area (Å²) in [5, 5.41) is 9.42. The van der Waals surface area contributed by atoms with Crippen LogP contribution in [-0.4, -0.2) is 12.2 Å². The fraction of sp³-hybridized carbons (Fsp3) is 0.400. The van der Waals surface area contributed by atoms with E-state index in [2.05, 4.69) is 6.92 Å². The maximum Gasteiger partial charge on any atom is 0.160 e. The zero-order valence-corrected chi connectivity index (χ0v) is 7.72. The Kier molecular flexibility index (Phi) is 2.58. The number of hydrogen-bond donors (Lipinski definition) is 1. The molecule has 1 aromatic rings. The first-order chi connectivity index (χ1) is 5.69. The van der Waals surface area contributed by atoms with E-state index in [0.717, 1.165) is 17.5 Å². The number of hydrogen-bond acceptors (Lipinski definition) is 2. The van der Waals surface area contributed by atoms with Crippen LogP contribution in [0.4, 0.5) is 0 Å². The molecule has 1 aromatic carbocycles. The number of rotatable bonds is 2. The molecule has 2 heteroatoms. The average molecular weight is 166 g/mol. The molecule has 0 atom stereocenters. The summed E-state index contributed by atoms with van der Waals surface area (Å²) in [5.41, 5.74) is 2.32. The predicted molar refractivity (Wildman–Crippen MR) is 48.8 cm³/mol. The Balaban J connectivity index is 3.16. The summed E-state index contributed by atoms with van der Waals surface area (Å²) in [7, 11) is 1.56. The molecule has 1 N–H and O–H groups in total. The molecule has 0 spiro atoms. The van der Waals surface area contributed by atoms with Gasteiger partial charge in [0.15, 0.2) is 11.5 Å². The summed E-state index contributed by atoms with van der Waals surface area (Å²) in [6.07, 6.45) is 0.934. The fourth-order valence-corrected chi connectivity index (χ4v) is 1.26. The van der Waals surface area contributed by atoms with Gasteiger partial charge in [0.2, 0.25) is 0 Å². The molecule has 0 bridgehead atoms. The molecular weight excluding hydrogens is 152 g/mol. The lowest BCUT2D eigenvalue weighted by molar-refractivity contribution is 0.372. The first kappa shape index (κ1) is 8.91. The minimum Gasteiger partial charge on any atom is -0.504 e. The molecule has 2 nitrogen and oxygen atoms in total. The molecule has 0 radical (unpaired) electrons. The van der Waals surface area contributed by atoms with Gasteiger partial charge in [-0.2, -0.15) is 0 Å². The first-order valence-corrected chi connectivity index (χ1v) is 4.05. The summed E-state index contributed by atoms with van der Waals surface area (Å²) in [6, 6.07) is 3.61. The number of phenolic OH excluding ortho intramolecular Hbond substituents is 1. The Morgan fingerprint density at radius 2 is 2.08 bits per heavy atom. The lowest BCUT2D eigenvalue weighted by Crippen LogP contribution is -1.90. The molecule has 0 aliphatic heterocycles. The SMILES string of the molecule is CCc1cc(O)c(OC)cc1C. The largest absolute Gasteiger partial charge is 0.504 e. The molecule has 0 saturated heterocycles. The van der Waals surface area contributed by atoms with Gasteiger partial charge in [-0.05, 0) is 36.6 Å². The van der Waals surface area contributed by atoms with Gasteiger partial charge in [0, 0.05) is 0 Å². The molecule has 0 unspecified atom stereocenters. The van der Waals surface area contributed by atoms with Gasteiger partial charge in [-0.15, -0.1) is 0 Å². The second-order valence-corrected chi connectivity index (χ2v) is 2.80. The highest BCUT2D eigenvalue weighted by Crippen LogP contribution is 2.29. The highest BCUT2D eigenvalue weighted by atomic mass is 16.5. The van der Waals surface area contributed by atoms with Crippen LogP contribution in [0, 0.1) is 6.92 Å². The molecule has 66 valence electrons. The average Bonchev–Trinajstić information content (AvgIpc) is 2.08. The Labute approximate surface area is 72.8 Å². The van der Waals surface area contributed by atoms with E-state index in [0.29, 0.717) is 5.75 Å². The van der Waals surface area contributed by atoms with Crippen LogP contribution in [-0.2, 0) is 6.42 Å². The van der Waals surface area contributed by atoms with E-state index in [4.69, 9.17) is 4.74 Å². The smallest absolute Gasteiger partial charge is 0.160 e. The number of phenols is 1. The van der Waals surface area contributed by atoms with Crippen molar-refractivity contribution >= 4 is 0 Å². The molecule has 0 heterocycles. The van der Waals surface area contributed by atoms with Gasteiger partial charge in [0.25, 0.3) is 0 Å². The monoisotopic (exact) mass is 166 g/mol. The van der Waals surface area contributed by atoms with Gasteiger partial charge in [0.05, 0.1) is 7.11 Å². The Morgan fingerprint density at radius 3 is 2.58 bits per heavy atom. The first-order valence-electron chi connectivity index (χ1n) is 4.05. The van der Waals surface area contributed by atoms with Crippen molar-refractivity contribution < 1.29 is 9.84 Å². The summed E-state index contributed by atoms with van der Waals surface area (Å²) in [4.78, 5) is 0. The maximum atomic E-state index is 9.42. The lowest BCUT2D eigenvalue weighted by Gasteiger charge is -2.07. The van der Waals surface area contributed by atoms with Crippen molar-refractivity contribution in [1.82, 2.24) is 0 Å². The topological polar surface area (TPSA) is 29.5 Å². The van der Waals surface area contributed by atoms with E-state index in [9.17, 15) is 5.11 Å². The Hall–Kier alpha value is -1.18. The van der Waals surface area contributed by atoms with Crippen LogP contribution in [0.15, 0.2) is 12.1 Å². The quantitative estimate of drug-likeness (QED) is 0.730. The highest BCUT2D eigenvalue weighted by Gasteiger charge is 2.04. The van der Waals surface area contributed by atoms with E-state index >= 15 is 0 Å². The standard InChI is InChI=1S/C10H14O2/c1-4-8-6-9(11)10(12-3)5-7(8)2/h5-6,11H,4H2,1-3H3. The zero-order valence-electron chi connectivity index (χ0n) is 7.72. The van der Waals surface area contributed by atoms with Crippen molar-refractivity contribution in [3.05, 3.63) is 23.3 Å². The van der Waals surface area contributed by atoms with Gasteiger partial charge in [-0.1, -0.05) is 6.92 Å². The van der Waals surface area contributed by atoms with Crippen LogP contribution >= 0.6 is 0 Å². The van der Waals surface area contributed by atoms with E-state index in [1.807, 2.05) is 13.0 Å². The van der Waals surface area contributed by atoms with Gasteiger partial charge >= 0.3 is 0 Å². The van der Waals surface area contributed by atoms with E-state index in [-0.39, 0.29) is 5.75 Å². The number of benzene rings is 1.